The second kappa shape index (κ2) is 5.05. The molecule has 1 saturated carbocycles. The monoisotopic (exact) mass is 240 g/mol. The smallest absolute Gasteiger partial charge is 0.0750 e. The Bertz CT molecular complexity index is 260. The van der Waals surface area contributed by atoms with Crippen LogP contribution in [-0.4, -0.2) is 19.3 Å². The van der Waals surface area contributed by atoms with Crippen LogP contribution in [0.2, 0.25) is 24.2 Å². The van der Waals surface area contributed by atoms with Gasteiger partial charge in [0.25, 0.3) is 0 Å². The molecule has 1 aliphatic carbocycles. The lowest BCUT2D eigenvalue weighted by molar-refractivity contribution is 0.178. The molecule has 1 aliphatic rings. The first-order chi connectivity index (χ1) is 7.24. The molecule has 0 spiro atoms. The molecule has 0 aromatic carbocycles. The fraction of sp³-hybridized carbons (Fsp3) is 0.857. The van der Waals surface area contributed by atoms with Crippen LogP contribution < -0.4 is 0 Å². The summed E-state index contributed by atoms with van der Waals surface area (Å²) in [5, 5.41) is 10.4. The summed E-state index contributed by atoms with van der Waals surface area (Å²) in [6.07, 6.45) is 6.78. The summed E-state index contributed by atoms with van der Waals surface area (Å²) >= 11 is 0. The lowest BCUT2D eigenvalue weighted by Gasteiger charge is -2.36. The third-order valence-corrected chi connectivity index (χ3v) is 9.81. The third kappa shape index (κ3) is 3.46. The van der Waals surface area contributed by atoms with E-state index in [1.165, 1.54) is 24.5 Å². The van der Waals surface area contributed by atoms with E-state index in [0.29, 0.717) is 5.04 Å². The van der Waals surface area contributed by atoms with Crippen LogP contribution in [0.3, 0.4) is 0 Å². The Morgan fingerprint density at radius 3 is 2.44 bits per heavy atom. The molecule has 0 bridgehead atoms. The van der Waals surface area contributed by atoms with Crippen molar-refractivity contribution in [1.29, 1.82) is 0 Å². The highest BCUT2D eigenvalue weighted by Crippen LogP contribution is 2.39. The van der Waals surface area contributed by atoms with E-state index in [4.69, 9.17) is 0 Å². The zero-order valence-corrected chi connectivity index (χ0v) is 12.6. The molecule has 0 aromatic heterocycles. The Morgan fingerprint density at radius 2 is 1.94 bits per heavy atom. The van der Waals surface area contributed by atoms with Crippen LogP contribution in [0, 0.1) is 0 Å². The maximum atomic E-state index is 9.92. The summed E-state index contributed by atoms with van der Waals surface area (Å²) in [5.74, 6) is 0. The van der Waals surface area contributed by atoms with E-state index in [2.05, 4.69) is 39.9 Å². The standard InChI is InChI=1S/C14H28OSi/c1-14(2,3)16(4,5)11-10-12-8-6-7-9-13(12)15/h10,13,15H,6-9,11H2,1-5H3. The SMILES string of the molecule is CC(C)(C)[Si](C)(C)CC=C1CCCCC1O. The molecule has 0 heterocycles. The molecule has 1 unspecified atom stereocenters. The minimum Gasteiger partial charge on any atom is -0.389 e. The first-order valence-electron chi connectivity index (χ1n) is 6.61. The van der Waals surface area contributed by atoms with Crippen molar-refractivity contribution >= 4 is 8.07 Å². The number of hydrogen-bond acceptors (Lipinski definition) is 1. The Kier molecular flexibility index (Phi) is 4.41. The molecule has 0 aliphatic heterocycles. The Morgan fingerprint density at radius 1 is 1.31 bits per heavy atom. The summed E-state index contributed by atoms with van der Waals surface area (Å²) in [4.78, 5) is 0. The third-order valence-electron chi connectivity index (χ3n) is 4.53. The van der Waals surface area contributed by atoms with Gasteiger partial charge in [0.15, 0.2) is 0 Å². The highest BCUT2D eigenvalue weighted by molar-refractivity contribution is 6.80. The summed E-state index contributed by atoms with van der Waals surface area (Å²) in [6, 6.07) is 1.21. The predicted molar refractivity (Wildman–Crippen MR) is 74.6 cm³/mol. The average molecular weight is 240 g/mol. The van der Waals surface area contributed by atoms with Crippen molar-refractivity contribution in [2.24, 2.45) is 0 Å². The van der Waals surface area contributed by atoms with Gasteiger partial charge >= 0.3 is 0 Å². The van der Waals surface area contributed by atoms with E-state index in [1.54, 1.807) is 0 Å². The summed E-state index contributed by atoms with van der Waals surface area (Å²) < 4.78 is 0. The topological polar surface area (TPSA) is 20.2 Å². The summed E-state index contributed by atoms with van der Waals surface area (Å²) in [5.41, 5.74) is 1.32. The first-order valence-corrected chi connectivity index (χ1v) is 9.82. The fourth-order valence-corrected chi connectivity index (χ4v) is 3.33. The Labute approximate surface area is 102 Å². The molecule has 94 valence electrons. The zero-order valence-electron chi connectivity index (χ0n) is 11.6. The van der Waals surface area contributed by atoms with Crippen molar-refractivity contribution < 1.29 is 5.11 Å². The molecule has 1 rings (SSSR count). The number of rotatable bonds is 2. The van der Waals surface area contributed by atoms with E-state index in [0.717, 1.165) is 12.8 Å². The average Bonchev–Trinajstić information content (AvgIpc) is 2.15. The van der Waals surface area contributed by atoms with E-state index < -0.39 is 8.07 Å². The lowest BCUT2D eigenvalue weighted by atomic mass is 9.92. The maximum absolute atomic E-state index is 9.92. The van der Waals surface area contributed by atoms with Gasteiger partial charge in [-0.2, -0.15) is 0 Å². The largest absolute Gasteiger partial charge is 0.389 e. The molecule has 2 heteroatoms. The van der Waals surface area contributed by atoms with Crippen molar-refractivity contribution in [2.75, 3.05) is 0 Å². The van der Waals surface area contributed by atoms with Crippen LogP contribution in [0.5, 0.6) is 0 Å². The van der Waals surface area contributed by atoms with Gasteiger partial charge in [-0.25, -0.2) is 0 Å². The van der Waals surface area contributed by atoms with Crippen molar-refractivity contribution in [2.45, 2.75) is 76.7 Å². The van der Waals surface area contributed by atoms with Gasteiger partial charge in [0, 0.05) is 0 Å². The molecule has 1 nitrogen and oxygen atoms in total. The maximum Gasteiger partial charge on any atom is 0.0750 e. The highest BCUT2D eigenvalue weighted by Gasteiger charge is 2.34. The van der Waals surface area contributed by atoms with Gasteiger partial charge < -0.3 is 5.11 Å². The molecular formula is C14H28OSi. The fourth-order valence-electron chi connectivity index (χ4n) is 1.95. The van der Waals surface area contributed by atoms with Crippen LogP contribution in [0.1, 0.15) is 46.5 Å². The summed E-state index contributed by atoms with van der Waals surface area (Å²) in [7, 11) is -1.21. The normalized spacial score (nSPS) is 26.1. The lowest BCUT2D eigenvalue weighted by Crippen LogP contribution is -2.36. The molecule has 0 saturated heterocycles. The molecule has 1 N–H and O–H groups in total. The van der Waals surface area contributed by atoms with E-state index in [9.17, 15) is 5.11 Å². The molecular weight excluding hydrogens is 212 g/mol. The molecule has 1 fully saturated rings. The van der Waals surface area contributed by atoms with Crippen LogP contribution >= 0.6 is 0 Å². The van der Waals surface area contributed by atoms with E-state index in [-0.39, 0.29) is 6.10 Å². The van der Waals surface area contributed by atoms with Crippen molar-refractivity contribution in [3.8, 4) is 0 Å². The van der Waals surface area contributed by atoms with E-state index in [1.807, 2.05) is 0 Å². The number of aliphatic hydroxyl groups is 1. The van der Waals surface area contributed by atoms with Crippen LogP contribution in [0.15, 0.2) is 11.6 Å². The predicted octanol–water partition coefficient (Wildman–Crippen LogP) is 4.36. The van der Waals surface area contributed by atoms with Gasteiger partial charge in [0.05, 0.1) is 14.2 Å². The Hall–Kier alpha value is -0.0831. The van der Waals surface area contributed by atoms with Crippen molar-refractivity contribution in [3.63, 3.8) is 0 Å². The van der Waals surface area contributed by atoms with Crippen LogP contribution in [0.25, 0.3) is 0 Å². The molecule has 0 radical (unpaired) electrons. The summed E-state index contributed by atoms with van der Waals surface area (Å²) in [6.45, 7) is 12.0. The van der Waals surface area contributed by atoms with Gasteiger partial charge in [-0.05, 0) is 35.9 Å². The van der Waals surface area contributed by atoms with Gasteiger partial charge in [-0.1, -0.05) is 46.4 Å². The second-order valence-corrected chi connectivity index (χ2v) is 12.6. The number of allylic oxidation sites excluding steroid dienone is 1. The quantitative estimate of drug-likeness (QED) is 0.562. The van der Waals surface area contributed by atoms with E-state index >= 15 is 0 Å². The minimum atomic E-state index is -1.21. The van der Waals surface area contributed by atoms with Crippen LogP contribution in [-0.2, 0) is 0 Å². The van der Waals surface area contributed by atoms with Gasteiger partial charge in [0.2, 0.25) is 0 Å². The van der Waals surface area contributed by atoms with Gasteiger partial charge in [-0.15, -0.1) is 0 Å². The van der Waals surface area contributed by atoms with Crippen molar-refractivity contribution in [1.82, 2.24) is 0 Å². The molecule has 16 heavy (non-hydrogen) atoms. The number of hydrogen-bond donors (Lipinski definition) is 1. The Balaban J connectivity index is 2.64. The molecule has 1 atom stereocenters. The zero-order chi connectivity index (χ0) is 12.4. The van der Waals surface area contributed by atoms with Crippen LogP contribution in [0.4, 0.5) is 0 Å². The first kappa shape index (κ1) is 14.0. The van der Waals surface area contributed by atoms with Crippen molar-refractivity contribution in [3.05, 3.63) is 11.6 Å². The van der Waals surface area contributed by atoms with Gasteiger partial charge in [-0.3, -0.25) is 0 Å². The second-order valence-electron chi connectivity index (χ2n) is 6.88. The molecule has 0 amide bonds. The van der Waals surface area contributed by atoms with Gasteiger partial charge in [0.1, 0.15) is 0 Å². The molecule has 0 aromatic rings. The minimum absolute atomic E-state index is 0.140. The highest BCUT2D eigenvalue weighted by atomic mass is 28.3. The number of aliphatic hydroxyl groups excluding tert-OH is 1.